The summed E-state index contributed by atoms with van der Waals surface area (Å²) in [6.07, 6.45) is -1.20. The van der Waals surface area contributed by atoms with E-state index < -0.39 is 17.1 Å². The molecule has 0 amide bonds. The monoisotopic (exact) mass is 254 g/mol. The molecule has 1 rings (SSSR count). The smallest absolute Gasteiger partial charge is 0.310 e. The van der Waals surface area contributed by atoms with Crippen LogP contribution >= 0.6 is 0 Å². The van der Waals surface area contributed by atoms with E-state index in [-0.39, 0.29) is 11.4 Å². The number of aliphatic hydroxyl groups excluding tert-OH is 1. The first-order chi connectivity index (χ1) is 8.45. The van der Waals surface area contributed by atoms with Gasteiger partial charge in [-0.25, -0.2) is 0 Å². The number of aliphatic hydroxyl groups is 1. The van der Waals surface area contributed by atoms with Crippen molar-refractivity contribution in [2.45, 2.75) is 32.6 Å². The van der Waals surface area contributed by atoms with E-state index in [1.165, 1.54) is 6.07 Å². The minimum Gasteiger partial charge on any atom is -0.481 e. The maximum absolute atomic E-state index is 10.9. The molecule has 6 nitrogen and oxygen atoms in total. The van der Waals surface area contributed by atoms with Crippen molar-refractivity contribution in [2.24, 2.45) is 0 Å². The Morgan fingerprint density at radius 1 is 1.50 bits per heavy atom. The Labute approximate surface area is 106 Å². The van der Waals surface area contributed by atoms with Gasteiger partial charge in [-0.3, -0.25) is 10.1 Å². The standard InChI is InChI=1S/C12H18N2O4/c1-8(15)9(2)18-12-6-10(7-13-3)4-5-11(12)14(16)17/h4-6,8-9,13,15H,7H2,1-3H3. The molecule has 0 spiro atoms. The maximum Gasteiger partial charge on any atom is 0.310 e. The molecule has 0 aliphatic heterocycles. The number of ether oxygens (including phenoxy) is 1. The normalized spacial score (nSPS) is 14.0. The molecule has 1 aromatic rings. The molecule has 6 heteroatoms. The SMILES string of the molecule is CNCc1ccc([N+](=O)[O-])c(OC(C)C(C)O)c1. The Morgan fingerprint density at radius 2 is 2.17 bits per heavy atom. The second kappa shape index (κ2) is 6.32. The molecular weight excluding hydrogens is 236 g/mol. The molecule has 2 N–H and O–H groups in total. The molecule has 0 radical (unpaired) electrons. The van der Waals surface area contributed by atoms with Crippen LogP contribution < -0.4 is 10.1 Å². The van der Waals surface area contributed by atoms with Gasteiger partial charge in [-0.2, -0.15) is 0 Å². The van der Waals surface area contributed by atoms with Gasteiger partial charge in [0.05, 0.1) is 11.0 Å². The number of rotatable bonds is 6. The first kappa shape index (κ1) is 14.4. The minimum absolute atomic E-state index is 0.0950. The zero-order valence-electron chi connectivity index (χ0n) is 10.7. The fraction of sp³-hybridized carbons (Fsp3) is 0.500. The summed E-state index contributed by atoms with van der Waals surface area (Å²) < 4.78 is 5.44. The molecular formula is C12H18N2O4. The Hall–Kier alpha value is -1.66. The molecule has 0 aromatic heterocycles. The highest BCUT2D eigenvalue weighted by molar-refractivity contribution is 5.48. The Kier molecular flexibility index (Phi) is 5.06. The third-order valence-electron chi connectivity index (χ3n) is 2.59. The fourth-order valence-electron chi connectivity index (χ4n) is 1.42. The summed E-state index contributed by atoms with van der Waals surface area (Å²) in [5, 5.41) is 23.2. The predicted octanol–water partition coefficient (Wildman–Crippen LogP) is 1.46. The number of benzene rings is 1. The van der Waals surface area contributed by atoms with Crippen molar-refractivity contribution in [3.63, 3.8) is 0 Å². The van der Waals surface area contributed by atoms with Gasteiger partial charge in [0, 0.05) is 12.6 Å². The van der Waals surface area contributed by atoms with E-state index in [0.717, 1.165) is 5.56 Å². The van der Waals surface area contributed by atoms with Crippen molar-refractivity contribution in [3.8, 4) is 5.75 Å². The summed E-state index contributed by atoms with van der Waals surface area (Å²) in [4.78, 5) is 10.4. The van der Waals surface area contributed by atoms with Crippen molar-refractivity contribution in [3.05, 3.63) is 33.9 Å². The highest BCUT2D eigenvalue weighted by Crippen LogP contribution is 2.29. The first-order valence-corrected chi connectivity index (χ1v) is 5.72. The number of hydrogen-bond acceptors (Lipinski definition) is 5. The molecule has 0 bridgehead atoms. The van der Waals surface area contributed by atoms with E-state index >= 15 is 0 Å². The van der Waals surface area contributed by atoms with Crippen LogP contribution in [0.1, 0.15) is 19.4 Å². The van der Waals surface area contributed by atoms with Crippen LogP contribution in [-0.2, 0) is 6.54 Å². The topological polar surface area (TPSA) is 84.6 Å². The van der Waals surface area contributed by atoms with Gasteiger partial charge in [0.1, 0.15) is 6.10 Å². The number of nitro benzene ring substituents is 1. The van der Waals surface area contributed by atoms with E-state index in [1.807, 2.05) is 0 Å². The molecule has 0 fully saturated rings. The molecule has 0 saturated carbocycles. The predicted molar refractivity (Wildman–Crippen MR) is 67.6 cm³/mol. The van der Waals surface area contributed by atoms with E-state index in [0.29, 0.717) is 6.54 Å². The van der Waals surface area contributed by atoms with Crippen LogP contribution in [0.4, 0.5) is 5.69 Å². The van der Waals surface area contributed by atoms with E-state index in [1.54, 1.807) is 33.0 Å². The Bertz CT molecular complexity index is 421. The first-order valence-electron chi connectivity index (χ1n) is 5.72. The third kappa shape index (κ3) is 3.68. The molecule has 18 heavy (non-hydrogen) atoms. The highest BCUT2D eigenvalue weighted by Gasteiger charge is 2.19. The largest absolute Gasteiger partial charge is 0.481 e. The van der Waals surface area contributed by atoms with Crippen LogP contribution in [0.2, 0.25) is 0 Å². The van der Waals surface area contributed by atoms with E-state index in [2.05, 4.69) is 5.32 Å². The van der Waals surface area contributed by atoms with Gasteiger partial charge in [0.2, 0.25) is 0 Å². The molecule has 100 valence electrons. The van der Waals surface area contributed by atoms with Gasteiger partial charge >= 0.3 is 5.69 Å². The summed E-state index contributed by atoms with van der Waals surface area (Å²) >= 11 is 0. The van der Waals surface area contributed by atoms with Crippen molar-refractivity contribution in [1.29, 1.82) is 0 Å². The van der Waals surface area contributed by atoms with Gasteiger partial charge in [-0.15, -0.1) is 0 Å². The van der Waals surface area contributed by atoms with Crippen LogP contribution in [-0.4, -0.2) is 29.3 Å². The van der Waals surface area contributed by atoms with Gasteiger partial charge in [0.15, 0.2) is 5.75 Å². The number of nitro groups is 1. The van der Waals surface area contributed by atoms with Crippen LogP contribution in [0.3, 0.4) is 0 Å². The van der Waals surface area contributed by atoms with Crippen LogP contribution in [0.25, 0.3) is 0 Å². The molecule has 2 atom stereocenters. The van der Waals surface area contributed by atoms with E-state index in [9.17, 15) is 15.2 Å². The maximum atomic E-state index is 10.9. The van der Waals surface area contributed by atoms with Crippen LogP contribution in [0.5, 0.6) is 5.75 Å². The molecule has 0 saturated heterocycles. The molecule has 0 aliphatic carbocycles. The molecule has 0 heterocycles. The minimum atomic E-state index is -0.697. The second-order valence-electron chi connectivity index (χ2n) is 4.15. The third-order valence-corrected chi connectivity index (χ3v) is 2.59. The lowest BCUT2D eigenvalue weighted by atomic mass is 10.2. The van der Waals surface area contributed by atoms with Crippen LogP contribution in [0.15, 0.2) is 18.2 Å². The van der Waals surface area contributed by atoms with Gasteiger partial charge in [-0.1, -0.05) is 6.07 Å². The average molecular weight is 254 g/mol. The summed E-state index contributed by atoms with van der Waals surface area (Å²) in [6.45, 7) is 3.84. The van der Waals surface area contributed by atoms with Crippen LogP contribution in [0, 0.1) is 10.1 Å². The van der Waals surface area contributed by atoms with Gasteiger partial charge in [0.25, 0.3) is 0 Å². The molecule has 0 aliphatic rings. The quantitative estimate of drug-likeness (QED) is 0.593. The number of nitrogens with one attached hydrogen (secondary N) is 1. The second-order valence-corrected chi connectivity index (χ2v) is 4.15. The summed E-state index contributed by atoms with van der Waals surface area (Å²) in [6, 6.07) is 4.71. The lowest BCUT2D eigenvalue weighted by Gasteiger charge is -2.17. The zero-order chi connectivity index (χ0) is 13.7. The highest BCUT2D eigenvalue weighted by atomic mass is 16.6. The van der Waals surface area contributed by atoms with Gasteiger partial charge < -0.3 is 15.2 Å². The lowest BCUT2D eigenvalue weighted by Crippen LogP contribution is -2.26. The Morgan fingerprint density at radius 3 is 2.67 bits per heavy atom. The molecule has 2 unspecified atom stereocenters. The summed E-state index contributed by atoms with van der Waals surface area (Å²) in [5.41, 5.74) is 0.790. The lowest BCUT2D eigenvalue weighted by molar-refractivity contribution is -0.386. The van der Waals surface area contributed by atoms with E-state index in [4.69, 9.17) is 4.74 Å². The Balaban J connectivity index is 3.03. The number of hydrogen-bond donors (Lipinski definition) is 2. The molecule has 1 aromatic carbocycles. The van der Waals surface area contributed by atoms with Crippen molar-refractivity contribution < 1.29 is 14.8 Å². The fourth-order valence-corrected chi connectivity index (χ4v) is 1.42. The van der Waals surface area contributed by atoms with Gasteiger partial charge in [-0.05, 0) is 32.5 Å². The average Bonchev–Trinajstić information content (AvgIpc) is 2.29. The summed E-state index contributed by atoms with van der Waals surface area (Å²) in [5.74, 6) is 0.182. The number of nitrogens with zero attached hydrogens (tertiary/aromatic N) is 1. The van der Waals surface area contributed by atoms with Crippen molar-refractivity contribution in [2.75, 3.05) is 7.05 Å². The zero-order valence-corrected chi connectivity index (χ0v) is 10.7. The van der Waals surface area contributed by atoms with Crippen molar-refractivity contribution >= 4 is 5.69 Å². The summed E-state index contributed by atoms with van der Waals surface area (Å²) in [7, 11) is 1.79. The van der Waals surface area contributed by atoms with Crippen molar-refractivity contribution in [1.82, 2.24) is 5.32 Å².